The molecule has 6 heteroatoms. The minimum atomic E-state index is -0.0887. The molecular weight excluding hydrogens is 320 g/mol. The van der Waals surface area contributed by atoms with Crippen molar-refractivity contribution in [2.45, 2.75) is 25.7 Å². The van der Waals surface area contributed by atoms with E-state index in [1.165, 1.54) is 0 Å². The van der Waals surface area contributed by atoms with Crippen LogP contribution in [0.1, 0.15) is 33.2 Å². The van der Waals surface area contributed by atoms with Crippen molar-refractivity contribution >= 4 is 17.2 Å². The first-order valence-corrected chi connectivity index (χ1v) is 9.03. The number of benzene rings is 1. The lowest BCUT2D eigenvalue weighted by Gasteiger charge is -2.02. The van der Waals surface area contributed by atoms with E-state index >= 15 is 0 Å². The standard InChI is InChI=1S/C18H18N4OS/c23-18(17-13-7-4-8-14(13)21-22-17)19-10-9-16-20-15(11-24-16)12-5-2-1-3-6-12/h1-3,5-6,11H,4,7-10H2,(H,19,23)(H,21,22). The molecule has 0 atom stereocenters. The lowest BCUT2D eigenvalue weighted by molar-refractivity contribution is 0.0948. The van der Waals surface area contributed by atoms with Gasteiger partial charge in [0.2, 0.25) is 0 Å². The van der Waals surface area contributed by atoms with Crippen LogP contribution in [-0.2, 0) is 19.3 Å². The van der Waals surface area contributed by atoms with E-state index in [1.807, 2.05) is 18.2 Å². The van der Waals surface area contributed by atoms with Crippen molar-refractivity contribution in [2.24, 2.45) is 0 Å². The van der Waals surface area contributed by atoms with Gasteiger partial charge in [0, 0.05) is 35.2 Å². The summed E-state index contributed by atoms with van der Waals surface area (Å²) in [5.74, 6) is -0.0887. The van der Waals surface area contributed by atoms with Gasteiger partial charge < -0.3 is 5.32 Å². The highest BCUT2D eigenvalue weighted by Gasteiger charge is 2.22. The van der Waals surface area contributed by atoms with Gasteiger partial charge in [-0.05, 0) is 19.3 Å². The van der Waals surface area contributed by atoms with Crippen LogP contribution in [-0.4, -0.2) is 27.6 Å². The van der Waals surface area contributed by atoms with E-state index in [0.29, 0.717) is 12.2 Å². The number of H-pyrrole nitrogens is 1. The summed E-state index contributed by atoms with van der Waals surface area (Å²) in [5, 5.41) is 13.2. The van der Waals surface area contributed by atoms with Crippen LogP contribution in [0.5, 0.6) is 0 Å². The molecule has 0 spiro atoms. The summed E-state index contributed by atoms with van der Waals surface area (Å²) in [6.45, 7) is 0.572. The van der Waals surface area contributed by atoms with E-state index in [2.05, 4.69) is 38.0 Å². The normalized spacial score (nSPS) is 13.0. The van der Waals surface area contributed by atoms with Crippen LogP contribution in [0, 0.1) is 0 Å². The molecule has 0 fully saturated rings. The third-order valence-corrected chi connectivity index (χ3v) is 5.18. The quantitative estimate of drug-likeness (QED) is 0.751. The van der Waals surface area contributed by atoms with Gasteiger partial charge in [0.1, 0.15) is 0 Å². The van der Waals surface area contributed by atoms with Crippen molar-refractivity contribution in [3.05, 3.63) is 57.7 Å². The van der Waals surface area contributed by atoms with Gasteiger partial charge in [0.05, 0.1) is 10.7 Å². The van der Waals surface area contributed by atoms with E-state index < -0.39 is 0 Å². The van der Waals surface area contributed by atoms with E-state index in [9.17, 15) is 4.79 Å². The van der Waals surface area contributed by atoms with Crippen LogP contribution >= 0.6 is 11.3 Å². The van der Waals surface area contributed by atoms with E-state index in [1.54, 1.807) is 11.3 Å². The number of fused-ring (bicyclic) bond motifs is 1. The van der Waals surface area contributed by atoms with Crippen LogP contribution in [0.25, 0.3) is 11.3 Å². The SMILES string of the molecule is O=C(NCCc1nc(-c2ccccc2)cs1)c1n[nH]c2c1CCC2. The number of rotatable bonds is 5. The number of thiazole rings is 1. The molecule has 1 aromatic carbocycles. The van der Waals surface area contributed by atoms with E-state index in [0.717, 1.165) is 53.2 Å². The molecule has 2 aromatic heterocycles. The minimum Gasteiger partial charge on any atom is -0.350 e. The van der Waals surface area contributed by atoms with Gasteiger partial charge in [0.15, 0.2) is 5.69 Å². The zero-order valence-corrected chi connectivity index (χ0v) is 14.0. The van der Waals surface area contributed by atoms with Crippen molar-refractivity contribution in [1.29, 1.82) is 0 Å². The molecular formula is C18H18N4OS. The highest BCUT2D eigenvalue weighted by molar-refractivity contribution is 7.09. The highest BCUT2D eigenvalue weighted by atomic mass is 32.1. The molecule has 2 N–H and O–H groups in total. The first kappa shape index (κ1) is 15.1. The molecule has 24 heavy (non-hydrogen) atoms. The molecule has 0 saturated carbocycles. The van der Waals surface area contributed by atoms with Gasteiger partial charge in [-0.15, -0.1) is 11.3 Å². The Labute approximate surface area is 144 Å². The molecule has 2 heterocycles. The van der Waals surface area contributed by atoms with Crippen molar-refractivity contribution < 1.29 is 4.79 Å². The summed E-state index contributed by atoms with van der Waals surface area (Å²) in [6.07, 6.45) is 3.78. The Balaban J connectivity index is 1.34. The fraction of sp³-hybridized carbons (Fsp3) is 0.278. The Morgan fingerprint density at radius 2 is 2.12 bits per heavy atom. The Hall–Kier alpha value is -2.47. The summed E-state index contributed by atoms with van der Waals surface area (Å²) < 4.78 is 0. The Morgan fingerprint density at radius 1 is 1.25 bits per heavy atom. The molecule has 0 radical (unpaired) electrons. The number of amides is 1. The molecule has 3 aromatic rings. The number of hydrogen-bond donors (Lipinski definition) is 2. The molecule has 5 nitrogen and oxygen atoms in total. The minimum absolute atomic E-state index is 0.0887. The lowest BCUT2D eigenvalue weighted by Crippen LogP contribution is -2.26. The van der Waals surface area contributed by atoms with Gasteiger partial charge in [0.25, 0.3) is 5.91 Å². The van der Waals surface area contributed by atoms with Crippen LogP contribution < -0.4 is 5.32 Å². The molecule has 4 rings (SSSR count). The maximum atomic E-state index is 12.3. The number of aromatic amines is 1. The van der Waals surface area contributed by atoms with Crippen molar-refractivity contribution in [2.75, 3.05) is 6.54 Å². The van der Waals surface area contributed by atoms with Gasteiger partial charge in [-0.2, -0.15) is 5.10 Å². The monoisotopic (exact) mass is 338 g/mol. The topological polar surface area (TPSA) is 70.7 Å². The predicted molar refractivity (Wildman–Crippen MR) is 94.2 cm³/mol. The molecule has 1 aliphatic carbocycles. The van der Waals surface area contributed by atoms with Crippen molar-refractivity contribution in [3.63, 3.8) is 0 Å². The lowest BCUT2D eigenvalue weighted by atomic mass is 10.2. The van der Waals surface area contributed by atoms with Crippen LogP contribution in [0.2, 0.25) is 0 Å². The molecule has 0 unspecified atom stereocenters. The summed E-state index contributed by atoms with van der Waals surface area (Å²) in [7, 11) is 0. The van der Waals surface area contributed by atoms with Crippen LogP contribution in [0.4, 0.5) is 0 Å². The number of carbonyl (C=O) groups is 1. The third kappa shape index (κ3) is 2.97. The van der Waals surface area contributed by atoms with Crippen LogP contribution in [0.3, 0.4) is 0 Å². The number of nitrogens with zero attached hydrogens (tertiary/aromatic N) is 2. The molecule has 1 amide bonds. The second-order valence-corrected chi connectivity index (χ2v) is 6.82. The number of hydrogen-bond acceptors (Lipinski definition) is 4. The number of aromatic nitrogens is 3. The second kappa shape index (κ2) is 6.57. The van der Waals surface area contributed by atoms with E-state index in [4.69, 9.17) is 0 Å². The fourth-order valence-corrected chi connectivity index (χ4v) is 3.85. The Bertz CT molecular complexity index is 853. The molecule has 1 aliphatic rings. The summed E-state index contributed by atoms with van der Waals surface area (Å²) in [4.78, 5) is 16.9. The maximum Gasteiger partial charge on any atom is 0.272 e. The predicted octanol–water partition coefficient (Wildman–Crippen LogP) is 2.99. The molecule has 0 saturated heterocycles. The maximum absolute atomic E-state index is 12.3. The van der Waals surface area contributed by atoms with E-state index in [-0.39, 0.29) is 5.91 Å². The van der Waals surface area contributed by atoms with Crippen molar-refractivity contribution in [1.82, 2.24) is 20.5 Å². The summed E-state index contributed by atoms with van der Waals surface area (Å²) in [5.41, 5.74) is 4.88. The average molecular weight is 338 g/mol. The number of nitrogens with one attached hydrogen (secondary N) is 2. The average Bonchev–Trinajstić information content (AvgIpc) is 3.32. The second-order valence-electron chi connectivity index (χ2n) is 5.88. The Morgan fingerprint density at radius 3 is 3.00 bits per heavy atom. The summed E-state index contributed by atoms with van der Waals surface area (Å²) in [6, 6.07) is 10.1. The van der Waals surface area contributed by atoms with Gasteiger partial charge >= 0.3 is 0 Å². The Kier molecular flexibility index (Phi) is 4.13. The number of carbonyl (C=O) groups excluding carboxylic acids is 1. The van der Waals surface area contributed by atoms with Crippen LogP contribution in [0.15, 0.2) is 35.7 Å². The highest BCUT2D eigenvalue weighted by Crippen LogP contribution is 2.23. The zero-order chi connectivity index (χ0) is 16.4. The number of aryl methyl sites for hydroxylation is 1. The largest absolute Gasteiger partial charge is 0.350 e. The van der Waals surface area contributed by atoms with Crippen molar-refractivity contribution in [3.8, 4) is 11.3 Å². The molecule has 122 valence electrons. The zero-order valence-electron chi connectivity index (χ0n) is 13.2. The van der Waals surface area contributed by atoms with Gasteiger partial charge in [-0.3, -0.25) is 9.89 Å². The van der Waals surface area contributed by atoms with Gasteiger partial charge in [-0.1, -0.05) is 30.3 Å². The first-order valence-electron chi connectivity index (χ1n) is 8.15. The first-order chi connectivity index (χ1) is 11.8. The summed E-state index contributed by atoms with van der Waals surface area (Å²) >= 11 is 1.63. The fourth-order valence-electron chi connectivity index (χ4n) is 3.04. The molecule has 0 bridgehead atoms. The molecule has 0 aliphatic heterocycles. The smallest absolute Gasteiger partial charge is 0.272 e. The third-order valence-electron chi connectivity index (χ3n) is 4.27. The van der Waals surface area contributed by atoms with Gasteiger partial charge in [-0.25, -0.2) is 4.98 Å².